The van der Waals surface area contributed by atoms with Gasteiger partial charge >= 0.3 is 0 Å². The van der Waals surface area contributed by atoms with Crippen molar-refractivity contribution >= 4 is 11.8 Å². The van der Waals surface area contributed by atoms with E-state index in [9.17, 15) is 14.0 Å². The predicted octanol–water partition coefficient (Wildman–Crippen LogP) is 2.30. The lowest BCUT2D eigenvalue weighted by atomic mass is 10.2. The molecule has 11 heteroatoms. The Morgan fingerprint density at radius 3 is 2.66 bits per heavy atom. The van der Waals surface area contributed by atoms with E-state index in [1.807, 2.05) is 6.07 Å². The van der Waals surface area contributed by atoms with E-state index in [4.69, 9.17) is 9.47 Å². The van der Waals surface area contributed by atoms with Gasteiger partial charge < -0.3 is 19.7 Å². The van der Waals surface area contributed by atoms with Crippen LogP contribution in [0.15, 0.2) is 42.5 Å². The molecule has 0 atom stereocenters. The number of ether oxygens (including phenoxy) is 2. The Morgan fingerprint density at radius 1 is 1.09 bits per heavy atom. The molecule has 1 fully saturated rings. The first-order valence-corrected chi connectivity index (χ1v) is 11.5. The number of nitrogens with zero attached hydrogens (tertiary/aromatic N) is 5. The monoisotopic (exact) mass is 480 g/mol. The van der Waals surface area contributed by atoms with Crippen molar-refractivity contribution in [2.75, 3.05) is 13.3 Å². The lowest BCUT2D eigenvalue weighted by molar-refractivity contribution is -0.137. The van der Waals surface area contributed by atoms with Crippen LogP contribution in [0, 0.1) is 5.82 Å². The van der Waals surface area contributed by atoms with Crippen molar-refractivity contribution in [2.24, 2.45) is 0 Å². The molecule has 0 spiro atoms. The fourth-order valence-electron chi connectivity index (χ4n) is 4.25. The van der Waals surface area contributed by atoms with E-state index < -0.39 is 0 Å². The van der Waals surface area contributed by atoms with E-state index in [0.29, 0.717) is 17.1 Å². The largest absolute Gasteiger partial charge is 0.454 e. The highest BCUT2D eigenvalue weighted by atomic mass is 19.1. The maximum atomic E-state index is 13.2. The predicted molar refractivity (Wildman–Crippen MR) is 122 cm³/mol. The SMILES string of the molecule is O=C(CN(Cc1ccc2c(c1)OCO2)C(=O)Cn1nnc(-c2ccc(F)cc2)n1)NC1CCCC1. The molecule has 0 radical (unpaired) electrons. The molecule has 1 aromatic heterocycles. The number of rotatable bonds is 8. The van der Waals surface area contributed by atoms with Crippen molar-refractivity contribution in [3.8, 4) is 22.9 Å². The van der Waals surface area contributed by atoms with E-state index >= 15 is 0 Å². The van der Waals surface area contributed by atoms with Crippen molar-refractivity contribution in [1.82, 2.24) is 30.4 Å². The van der Waals surface area contributed by atoms with Gasteiger partial charge in [0.15, 0.2) is 11.5 Å². The van der Waals surface area contributed by atoms with Gasteiger partial charge in [0.05, 0.1) is 6.54 Å². The van der Waals surface area contributed by atoms with E-state index in [0.717, 1.165) is 31.2 Å². The molecule has 1 N–H and O–H groups in total. The van der Waals surface area contributed by atoms with Gasteiger partial charge in [-0.3, -0.25) is 9.59 Å². The Balaban J connectivity index is 1.29. The Bertz CT molecular complexity index is 1210. The number of fused-ring (bicyclic) bond motifs is 1. The number of nitrogens with one attached hydrogen (secondary N) is 1. The van der Waals surface area contributed by atoms with Gasteiger partial charge in [0.1, 0.15) is 12.4 Å². The highest BCUT2D eigenvalue weighted by molar-refractivity contribution is 5.84. The second-order valence-electron chi connectivity index (χ2n) is 8.64. The molecule has 0 unspecified atom stereocenters. The first-order valence-electron chi connectivity index (χ1n) is 11.5. The van der Waals surface area contributed by atoms with Crippen LogP contribution in [0.25, 0.3) is 11.4 Å². The van der Waals surface area contributed by atoms with Crippen LogP contribution in [0.4, 0.5) is 4.39 Å². The van der Waals surface area contributed by atoms with Crippen molar-refractivity contribution < 1.29 is 23.5 Å². The number of carbonyl (C=O) groups is 2. The minimum Gasteiger partial charge on any atom is -0.454 e. The highest BCUT2D eigenvalue weighted by Crippen LogP contribution is 2.32. The zero-order chi connectivity index (χ0) is 24.2. The van der Waals surface area contributed by atoms with Gasteiger partial charge in [-0.15, -0.1) is 10.2 Å². The van der Waals surface area contributed by atoms with Crippen molar-refractivity contribution in [3.63, 3.8) is 0 Å². The zero-order valence-corrected chi connectivity index (χ0v) is 19.0. The molecule has 35 heavy (non-hydrogen) atoms. The van der Waals surface area contributed by atoms with Crippen LogP contribution in [0.3, 0.4) is 0 Å². The van der Waals surface area contributed by atoms with Crippen LogP contribution < -0.4 is 14.8 Å². The molecular formula is C24H25FN6O4. The molecule has 10 nitrogen and oxygen atoms in total. The maximum absolute atomic E-state index is 13.2. The Kier molecular flexibility index (Phi) is 6.55. The summed E-state index contributed by atoms with van der Waals surface area (Å²) >= 11 is 0. The number of hydrogen-bond donors (Lipinski definition) is 1. The number of carbonyl (C=O) groups excluding carboxylic acids is 2. The second kappa shape index (κ2) is 10.1. The lowest BCUT2D eigenvalue weighted by Gasteiger charge is -2.23. The molecule has 2 heterocycles. The first kappa shape index (κ1) is 22.8. The molecule has 2 amide bonds. The molecule has 1 aliphatic carbocycles. The second-order valence-corrected chi connectivity index (χ2v) is 8.64. The zero-order valence-electron chi connectivity index (χ0n) is 19.0. The van der Waals surface area contributed by atoms with Crippen molar-refractivity contribution in [1.29, 1.82) is 0 Å². The molecule has 1 saturated carbocycles. The van der Waals surface area contributed by atoms with Crippen LogP contribution in [-0.2, 0) is 22.7 Å². The third-order valence-corrected chi connectivity index (χ3v) is 6.05. The normalized spacial score (nSPS) is 14.8. The summed E-state index contributed by atoms with van der Waals surface area (Å²) in [4.78, 5) is 28.6. The van der Waals surface area contributed by atoms with E-state index in [-0.39, 0.29) is 55.9 Å². The Hall–Kier alpha value is -4.02. The average molecular weight is 481 g/mol. The standard InChI is InChI=1S/C24H25FN6O4/c25-18-8-6-17(7-9-18)24-27-29-31(28-24)14-23(33)30(13-22(32)26-19-3-1-2-4-19)12-16-5-10-20-21(11-16)35-15-34-20/h5-11,19H,1-4,12-15H2,(H,26,32). The van der Waals surface area contributed by atoms with Gasteiger partial charge in [-0.1, -0.05) is 18.9 Å². The summed E-state index contributed by atoms with van der Waals surface area (Å²) in [6.07, 6.45) is 4.10. The number of hydrogen-bond acceptors (Lipinski definition) is 7. The quantitative estimate of drug-likeness (QED) is 0.527. The molecule has 1 aliphatic heterocycles. The highest BCUT2D eigenvalue weighted by Gasteiger charge is 2.23. The van der Waals surface area contributed by atoms with Crippen LogP contribution in [-0.4, -0.2) is 56.3 Å². The molecule has 2 aromatic carbocycles. The molecule has 0 saturated heterocycles. The Labute approximate surface area is 201 Å². The minimum absolute atomic E-state index is 0.0940. The summed E-state index contributed by atoms with van der Waals surface area (Å²) in [7, 11) is 0. The van der Waals surface area contributed by atoms with Gasteiger partial charge in [-0.05, 0) is 60.0 Å². The summed E-state index contributed by atoms with van der Waals surface area (Å²) in [5.74, 6) is 0.611. The third-order valence-electron chi connectivity index (χ3n) is 6.05. The maximum Gasteiger partial charge on any atom is 0.247 e. The van der Waals surface area contributed by atoms with E-state index in [2.05, 4.69) is 20.7 Å². The minimum atomic E-state index is -0.369. The van der Waals surface area contributed by atoms with Gasteiger partial charge in [0.25, 0.3) is 0 Å². The average Bonchev–Trinajstić information content (AvgIpc) is 3.61. The molecule has 0 bridgehead atoms. The molecule has 182 valence electrons. The summed E-state index contributed by atoms with van der Waals surface area (Å²) < 4.78 is 24.0. The van der Waals surface area contributed by atoms with Crippen molar-refractivity contribution in [3.05, 3.63) is 53.8 Å². The van der Waals surface area contributed by atoms with Gasteiger partial charge in [-0.25, -0.2) is 4.39 Å². The summed E-state index contributed by atoms with van der Waals surface area (Å²) in [6, 6.07) is 11.3. The molecule has 5 rings (SSSR count). The van der Waals surface area contributed by atoms with Gasteiger partial charge in [0.2, 0.25) is 24.4 Å². The lowest BCUT2D eigenvalue weighted by Crippen LogP contribution is -2.44. The van der Waals surface area contributed by atoms with Crippen LogP contribution in [0.2, 0.25) is 0 Å². The summed E-state index contributed by atoms with van der Waals surface area (Å²) in [5.41, 5.74) is 1.38. The van der Waals surface area contributed by atoms with Crippen LogP contribution in [0.1, 0.15) is 31.2 Å². The third kappa shape index (κ3) is 5.56. The number of aromatic nitrogens is 4. The van der Waals surface area contributed by atoms with Gasteiger partial charge in [0, 0.05) is 18.2 Å². The summed E-state index contributed by atoms with van der Waals surface area (Å²) in [6.45, 7) is 0.0609. The fourth-order valence-corrected chi connectivity index (χ4v) is 4.25. The number of tetrazole rings is 1. The topological polar surface area (TPSA) is 111 Å². The number of amides is 2. The molecular weight excluding hydrogens is 455 g/mol. The summed E-state index contributed by atoms with van der Waals surface area (Å²) in [5, 5.41) is 15.2. The van der Waals surface area contributed by atoms with E-state index in [1.165, 1.54) is 34.0 Å². The van der Waals surface area contributed by atoms with Crippen LogP contribution >= 0.6 is 0 Å². The number of halogens is 1. The van der Waals surface area contributed by atoms with Gasteiger partial charge in [-0.2, -0.15) is 4.80 Å². The first-order chi connectivity index (χ1) is 17.0. The van der Waals surface area contributed by atoms with E-state index in [1.54, 1.807) is 12.1 Å². The molecule has 3 aromatic rings. The van der Waals surface area contributed by atoms with Crippen molar-refractivity contribution in [2.45, 2.75) is 44.8 Å². The smallest absolute Gasteiger partial charge is 0.247 e. The van der Waals surface area contributed by atoms with Crippen LogP contribution in [0.5, 0.6) is 11.5 Å². The number of benzene rings is 2. The molecule has 2 aliphatic rings. The fraction of sp³-hybridized carbons (Fsp3) is 0.375. The Morgan fingerprint density at radius 2 is 1.86 bits per heavy atom.